The fraction of sp³-hybridized carbons (Fsp3) is 0.643. The van der Waals surface area contributed by atoms with Crippen LogP contribution in [0.15, 0.2) is 31.1 Å². The molecule has 0 saturated heterocycles. The topological polar surface area (TPSA) is 136 Å². The summed E-state index contributed by atoms with van der Waals surface area (Å²) in [7, 11) is -6.58. The van der Waals surface area contributed by atoms with E-state index in [4.69, 9.17) is 0 Å². The third-order valence-corrected chi connectivity index (χ3v) is 4.47. The smallest absolute Gasteiger partial charge is 0.362 e. The van der Waals surface area contributed by atoms with Crippen molar-refractivity contribution in [1.29, 1.82) is 0 Å². The average molecular weight is 522 g/mol. The normalized spacial score (nSPS) is 14.0. The predicted octanol–water partition coefficient (Wildman–Crippen LogP) is 0.604. The summed E-state index contributed by atoms with van der Waals surface area (Å²) in [6.45, 7) is 7.50. The van der Waals surface area contributed by atoms with Gasteiger partial charge in [0.05, 0.1) is 20.3 Å². The molecule has 0 saturated carbocycles. The van der Waals surface area contributed by atoms with Gasteiger partial charge in [0.1, 0.15) is 12.4 Å². The van der Waals surface area contributed by atoms with E-state index in [2.05, 4.69) is 70.5 Å². The van der Waals surface area contributed by atoms with Crippen LogP contribution in [-0.4, -0.2) is 62.5 Å². The molecule has 10 nitrogen and oxygen atoms in total. The van der Waals surface area contributed by atoms with E-state index in [0.717, 1.165) is 19.8 Å². The monoisotopic (exact) mass is 521 g/mol. The molecule has 1 aliphatic rings. The Bertz CT molecular complexity index is 871. The van der Waals surface area contributed by atoms with Crippen molar-refractivity contribution in [3.63, 3.8) is 0 Å². The van der Waals surface area contributed by atoms with Gasteiger partial charge in [-0.05, 0) is 13.8 Å². The van der Waals surface area contributed by atoms with Gasteiger partial charge in [-0.3, -0.25) is 0 Å². The number of sulfonamides is 2. The lowest BCUT2D eigenvalue weighted by atomic mass is 10.6. The van der Waals surface area contributed by atoms with E-state index in [0.29, 0.717) is 0 Å². The molecule has 0 bridgehead atoms. The Kier molecular flexibility index (Phi) is 12.9. The van der Waals surface area contributed by atoms with Crippen LogP contribution in [0, 0.1) is 0 Å². The Morgan fingerprint density at radius 1 is 0.906 bits per heavy atom. The minimum Gasteiger partial charge on any atom is -0.362 e. The number of imidazole rings is 1. The number of hydrogen-bond donors (Lipinski definition) is 2. The maximum absolute atomic E-state index is 10.8. The number of halogens is 6. The maximum Gasteiger partial charge on any atom is 0.511 e. The molecular weight excluding hydrogens is 494 g/mol. The molecule has 190 valence electrons. The minimum atomic E-state index is -5.34. The van der Waals surface area contributed by atoms with E-state index in [-0.39, 0.29) is 0 Å². The number of aryl methyl sites for hydroxylation is 2. The Morgan fingerprint density at radius 2 is 1.31 bits per heavy atom. The molecule has 0 unspecified atom stereocenters. The SMILES string of the molecule is CCN1C=CN(C)C1.CCn1cc[n+](C)c1.NS(=O)(=O)C(F)(F)F.NS(=O)(=O)C(F)(F)F. The van der Waals surface area contributed by atoms with Crippen LogP contribution in [0.3, 0.4) is 0 Å². The number of alkyl halides is 6. The number of primary sulfonamides is 2. The first kappa shape index (κ1) is 32.1. The summed E-state index contributed by atoms with van der Waals surface area (Å²) in [5, 5.41) is 7.32. The van der Waals surface area contributed by atoms with E-state index < -0.39 is 31.1 Å². The molecule has 4 N–H and O–H groups in total. The van der Waals surface area contributed by atoms with E-state index >= 15 is 0 Å². The van der Waals surface area contributed by atoms with Crippen molar-refractivity contribution in [3.05, 3.63) is 31.1 Å². The molecule has 1 aromatic rings. The summed E-state index contributed by atoms with van der Waals surface area (Å²) in [6.07, 6.45) is 10.3. The molecule has 0 aromatic carbocycles. The van der Waals surface area contributed by atoms with Gasteiger partial charge in [0.2, 0.25) is 6.33 Å². The highest BCUT2D eigenvalue weighted by Gasteiger charge is 2.43. The second kappa shape index (κ2) is 12.9. The molecule has 18 heteroatoms. The van der Waals surface area contributed by atoms with Gasteiger partial charge in [-0.15, -0.1) is 0 Å². The van der Waals surface area contributed by atoms with Crippen LogP contribution in [0.4, 0.5) is 26.3 Å². The van der Waals surface area contributed by atoms with Gasteiger partial charge in [-0.1, -0.05) is 0 Å². The van der Waals surface area contributed by atoms with Gasteiger partial charge in [0.15, 0.2) is 0 Å². The Morgan fingerprint density at radius 3 is 1.44 bits per heavy atom. The predicted molar refractivity (Wildman–Crippen MR) is 104 cm³/mol. The largest absolute Gasteiger partial charge is 0.511 e. The van der Waals surface area contributed by atoms with Crippen LogP contribution < -0.4 is 14.8 Å². The van der Waals surface area contributed by atoms with Gasteiger partial charge in [0.25, 0.3) is 0 Å². The van der Waals surface area contributed by atoms with E-state index in [1.165, 1.54) is 0 Å². The van der Waals surface area contributed by atoms with Gasteiger partial charge in [0, 0.05) is 26.0 Å². The lowest BCUT2D eigenvalue weighted by Crippen LogP contribution is -2.30. The summed E-state index contributed by atoms with van der Waals surface area (Å²) >= 11 is 0. The van der Waals surface area contributed by atoms with Crippen molar-refractivity contribution in [2.24, 2.45) is 17.3 Å². The van der Waals surface area contributed by atoms with Gasteiger partial charge in [-0.25, -0.2) is 36.2 Å². The number of nitrogens with zero attached hydrogens (tertiary/aromatic N) is 4. The van der Waals surface area contributed by atoms with Crippen LogP contribution in [0.1, 0.15) is 13.8 Å². The molecule has 0 amide bonds. The molecule has 32 heavy (non-hydrogen) atoms. The minimum absolute atomic E-state index is 1.05. The first-order valence-electron chi connectivity index (χ1n) is 8.47. The van der Waals surface area contributed by atoms with Crippen LogP contribution in [0.2, 0.25) is 0 Å². The molecule has 2 rings (SSSR count). The summed E-state index contributed by atoms with van der Waals surface area (Å²) < 4.78 is 106. The highest BCUT2D eigenvalue weighted by atomic mass is 32.2. The summed E-state index contributed by atoms with van der Waals surface area (Å²) in [5.41, 5.74) is -10.6. The molecule has 1 aromatic heterocycles. The van der Waals surface area contributed by atoms with Crippen LogP contribution in [-0.2, 0) is 33.6 Å². The fourth-order valence-electron chi connectivity index (χ4n) is 1.48. The fourth-order valence-corrected chi connectivity index (χ4v) is 1.48. The van der Waals surface area contributed by atoms with Crippen LogP contribution in [0.25, 0.3) is 0 Å². The van der Waals surface area contributed by atoms with Crippen molar-refractivity contribution in [3.8, 4) is 0 Å². The zero-order chi connectivity index (χ0) is 26.0. The Labute approximate surface area is 182 Å². The van der Waals surface area contributed by atoms with E-state index in [1.54, 1.807) is 0 Å². The molecule has 0 atom stereocenters. The first-order valence-corrected chi connectivity index (χ1v) is 11.6. The zero-order valence-electron chi connectivity index (χ0n) is 17.7. The van der Waals surface area contributed by atoms with Crippen molar-refractivity contribution < 1.29 is 47.7 Å². The lowest BCUT2D eigenvalue weighted by Gasteiger charge is -2.14. The Hall–Kier alpha value is -2.05. The van der Waals surface area contributed by atoms with Crippen molar-refractivity contribution in [2.75, 3.05) is 20.3 Å². The third kappa shape index (κ3) is 14.1. The highest BCUT2D eigenvalue weighted by molar-refractivity contribution is 7.90. The maximum atomic E-state index is 10.8. The van der Waals surface area contributed by atoms with Crippen molar-refractivity contribution in [1.82, 2.24) is 14.4 Å². The van der Waals surface area contributed by atoms with Crippen LogP contribution >= 0.6 is 0 Å². The number of rotatable bonds is 2. The zero-order valence-corrected chi connectivity index (χ0v) is 19.3. The third-order valence-electron chi connectivity index (χ3n) is 3.18. The lowest BCUT2D eigenvalue weighted by molar-refractivity contribution is -0.671. The Balaban J connectivity index is 0. The molecule has 0 radical (unpaired) electrons. The van der Waals surface area contributed by atoms with Gasteiger partial charge < -0.3 is 9.80 Å². The molecule has 0 aliphatic carbocycles. The first-order chi connectivity index (χ1) is 14.2. The second-order valence-electron chi connectivity index (χ2n) is 5.99. The van der Waals surface area contributed by atoms with Crippen LogP contribution in [0.5, 0.6) is 0 Å². The van der Waals surface area contributed by atoms with Gasteiger partial charge >= 0.3 is 31.1 Å². The number of aromatic nitrogens is 2. The number of hydrogen-bond acceptors (Lipinski definition) is 6. The molecule has 0 spiro atoms. The van der Waals surface area contributed by atoms with Crippen molar-refractivity contribution in [2.45, 2.75) is 31.4 Å². The highest BCUT2D eigenvalue weighted by Crippen LogP contribution is 2.19. The molecule has 2 heterocycles. The second-order valence-corrected chi connectivity index (χ2v) is 9.10. The molecule has 0 fully saturated rings. The average Bonchev–Trinajstić information content (AvgIpc) is 3.21. The summed E-state index contributed by atoms with van der Waals surface area (Å²) in [5.74, 6) is 0. The van der Waals surface area contributed by atoms with E-state index in [9.17, 15) is 43.2 Å². The molecular formula is C14H27F6N6O4S2+. The van der Waals surface area contributed by atoms with Crippen molar-refractivity contribution >= 4 is 20.0 Å². The summed E-state index contributed by atoms with van der Waals surface area (Å²) in [6, 6.07) is 0. The van der Waals surface area contributed by atoms with Gasteiger partial charge in [-0.2, -0.15) is 26.3 Å². The summed E-state index contributed by atoms with van der Waals surface area (Å²) in [4.78, 5) is 4.41. The standard InChI is InChI=1S/C6H12N2.C6H11N2.2CH2F3NO2S/c2*1-3-8-5-4-7(2)6-8;2*2-1(3,4)8(5,6)7/h4-5H,3,6H2,1-2H3;4-6H,3H2,1-2H3;2*(H2,5,6,7)/q;+1;;. The quantitative estimate of drug-likeness (QED) is 0.432. The van der Waals surface area contributed by atoms with E-state index in [1.807, 2.05) is 17.8 Å². The number of nitrogens with two attached hydrogens (primary N) is 2. The molecule has 1 aliphatic heterocycles.